The van der Waals surface area contributed by atoms with Crippen LogP contribution in [0.15, 0.2) is 59.5 Å². The van der Waals surface area contributed by atoms with Crippen molar-refractivity contribution in [2.75, 3.05) is 39.9 Å². The number of hydrogen-bond donors (Lipinski definition) is 0. The third kappa shape index (κ3) is 9.02. The number of benzene rings is 2. The van der Waals surface area contributed by atoms with Gasteiger partial charge in [-0.1, -0.05) is 37.3 Å². The highest BCUT2D eigenvalue weighted by molar-refractivity contribution is 7.89. The molecule has 1 saturated heterocycles. The summed E-state index contributed by atoms with van der Waals surface area (Å²) < 4.78 is 38.3. The highest BCUT2D eigenvalue weighted by atomic mass is 32.2. The minimum atomic E-state index is -3.86. The van der Waals surface area contributed by atoms with Gasteiger partial charge >= 0.3 is 5.97 Å². The summed E-state index contributed by atoms with van der Waals surface area (Å²) in [6.07, 6.45) is 1.78. The third-order valence-corrected chi connectivity index (χ3v) is 8.96. The topological polar surface area (TPSA) is 114 Å². The summed E-state index contributed by atoms with van der Waals surface area (Å²) in [4.78, 5) is 41.8. The van der Waals surface area contributed by atoms with Gasteiger partial charge in [-0.15, -0.1) is 0 Å². The first-order valence-electron chi connectivity index (χ1n) is 14.1. The standard InChI is InChI=1S/C30H41N3O7S/c1-4-19-32(41(37,38)27-9-7-6-8-10-27)23-29(35)33(22-24-11-13-26(39-3)14-12-24)25-17-20-31(21-18-25)28(34)15-16-30(36)40-5-2/h6-14,25H,4-5,15-23H2,1-3H3. The molecular weight excluding hydrogens is 546 g/mol. The summed E-state index contributed by atoms with van der Waals surface area (Å²) in [6.45, 7) is 5.00. The summed E-state index contributed by atoms with van der Waals surface area (Å²) >= 11 is 0. The lowest BCUT2D eigenvalue weighted by molar-refractivity contribution is -0.146. The van der Waals surface area contributed by atoms with Crippen LogP contribution in [0.25, 0.3) is 0 Å². The molecule has 0 aromatic heterocycles. The first kappa shape index (κ1) is 32.1. The minimum absolute atomic E-state index is 0.0395. The van der Waals surface area contributed by atoms with Crippen LogP contribution in [0, 0.1) is 0 Å². The van der Waals surface area contributed by atoms with Gasteiger partial charge in [-0.3, -0.25) is 14.4 Å². The summed E-state index contributed by atoms with van der Waals surface area (Å²) in [7, 11) is -2.28. The lowest BCUT2D eigenvalue weighted by Crippen LogP contribution is -2.51. The van der Waals surface area contributed by atoms with E-state index < -0.39 is 16.0 Å². The molecule has 0 radical (unpaired) electrons. The lowest BCUT2D eigenvalue weighted by Gasteiger charge is -2.39. The quantitative estimate of drug-likeness (QED) is 0.311. The number of esters is 1. The van der Waals surface area contributed by atoms with E-state index in [9.17, 15) is 22.8 Å². The summed E-state index contributed by atoms with van der Waals surface area (Å²) in [6, 6.07) is 15.4. The van der Waals surface area contributed by atoms with E-state index in [1.807, 2.05) is 31.2 Å². The Hall–Kier alpha value is -3.44. The largest absolute Gasteiger partial charge is 0.497 e. The predicted molar refractivity (Wildman–Crippen MR) is 155 cm³/mol. The minimum Gasteiger partial charge on any atom is -0.497 e. The van der Waals surface area contributed by atoms with Crippen molar-refractivity contribution in [2.24, 2.45) is 0 Å². The molecule has 1 aliphatic heterocycles. The lowest BCUT2D eigenvalue weighted by atomic mass is 10.0. The van der Waals surface area contributed by atoms with E-state index in [0.29, 0.717) is 44.6 Å². The highest BCUT2D eigenvalue weighted by Gasteiger charge is 2.33. The highest BCUT2D eigenvalue weighted by Crippen LogP contribution is 2.23. The first-order valence-corrected chi connectivity index (χ1v) is 15.5. The summed E-state index contributed by atoms with van der Waals surface area (Å²) in [5.41, 5.74) is 0.889. The van der Waals surface area contributed by atoms with Gasteiger partial charge in [0.25, 0.3) is 0 Å². The monoisotopic (exact) mass is 587 g/mol. The van der Waals surface area contributed by atoms with Crippen molar-refractivity contribution in [1.29, 1.82) is 0 Å². The van der Waals surface area contributed by atoms with Crippen LogP contribution >= 0.6 is 0 Å². The normalized spacial score (nSPS) is 14.1. The number of carbonyl (C=O) groups is 3. The fourth-order valence-electron chi connectivity index (χ4n) is 4.89. The Morgan fingerprint density at radius 2 is 1.61 bits per heavy atom. The molecule has 0 spiro atoms. The van der Waals surface area contributed by atoms with Crippen LogP contribution in [0.4, 0.5) is 0 Å². The maximum absolute atomic E-state index is 13.9. The van der Waals surface area contributed by atoms with Crippen LogP contribution in [0.1, 0.15) is 51.5 Å². The zero-order chi connectivity index (χ0) is 29.8. The molecule has 2 amide bonds. The summed E-state index contributed by atoms with van der Waals surface area (Å²) in [5, 5.41) is 0. The molecule has 1 fully saturated rings. The predicted octanol–water partition coefficient (Wildman–Crippen LogP) is 3.46. The summed E-state index contributed by atoms with van der Waals surface area (Å²) in [5.74, 6) is -0.105. The second-order valence-electron chi connectivity index (χ2n) is 9.94. The maximum atomic E-state index is 13.9. The molecule has 0 aliphatic carbocycles. The average Bonchev–Trinajstić information content (AvgIpc) is 2.99. The molecule has 0 unspecified atom stereocenters. The van der Waals surface area contributed by atoms with Crippen molar-refractivity contribution < 1.29 is 32.3 Å². The number of ether oxygens (including phenoxy) is 2. The van der Waals surface area contributed by atoms with Gasteiger partial charge in [-0.25, -0.2) is 8.42 Å². The maximum Gasteiger partial charge on any atom is 0.306 e. The Bertz CT molecular complexity index is 1240. The molecule has 10 nitrogen and oxygen atoms in total. The van der Waals surface area contributed by atoms with E-state index in [0.717, 1.165) is 5.56 Å². The molecule has 0 atom stereocenters. The molecule has 41 heavy (non-hydrogen) atoms. The number of sulfonamides is 1. The fraction of sp³-hybridized carbons (Fsp3) is 0.500. The van der Waals surface area contributed by atoms with Gasteiger partial charge in [0, 0.05) is 38.6 Å². The Morgan fingerprint density at radius 1 is 0.951 bits per heavy atom. The molecule has 0 N–H and O–H groups in total. The third-order valence-electron chi connectivity index (χ3n) is 7.10. The Morgan fingerprint density at radius 3 is 2.20 bits per heavy atom. The van der Waals surface area contributed by atoms with Crippen molar-refractivity contribution in [3.8, 4) is 5.75 Å². The molecule has 224 valence electrons. The van der Waals surface area contributed by atoms with Crippen molar-refractivity contribution in [3.05, 3.63) is 60.2 Å². The number of likely N-dealkylation sites (tertiary alicyclic amines) is 1. The molecule has 0 bridgehead atoms. The molecule has 1 aliphatic rings. The van der Waals surface area contributed by atoms with Gasteiger partial charge in [0.2, 0.25) is 21.8 Å². The Balaban J connectivity index is 1.76. The first-order chi connectivity index (χ1) is 19.7. The van der Waals surface area contributed by atoms with Crippen molar-refractivity contribution in [3.63, 3.8) is 0 Å². The van der Waals surface area contributed by atoms with E-state index in [1.165, 1.54) is 16.4 Å². The van der Waals surface area contributed by atoms with E-state index in [1.54, 1.807) is 42.0 Å². The van der Waals surface area contributed by atoms with Gasteiger partial charge in [0.15, 0.2) is 0 Å². The molecule has 11 heteroatoms. The number of methoxy groups -OCH3 is 1. The van der Waals surface area contributed by atoms with E-state index >= 15 is 0 Å². The Labute approximate surface area is 243 Å². The van der Waals surface area contributed by atoms with Crippen LogP contribution in [-0.4, -0.2) is 86.2 Å². The second kappa shape index (κ2) is 15.5. The van der Waals surface area contributed by atoms with Gasteiger partial charge in [0.05, 0.1) is 31.6 Å². The zero-order valence-electron chi connectivity index (χ0n) is 24.2. The van der Waals surface area contributed by atoms with Crippen LogP contribution in [-0.2, 0) is 35.7 Å². The number of amides is 2. The van der Waals surface area contributed by atoms with E-state index in [2.05, 4.69) is 0 Å². The molecule has 1 heterocycles. The van der Waals surface area contributed by atoms with Crippen LogP contribution in [0.3, 0.4) is 0 Å². The van der Waals surface area contributed by atoms with Crippen LogP contribution in [0.2, 0.25) is 0 Å². The number of piperidine rings is 1. The number of rotatable bonds is 14. The zero-order valence-corrected chi connectivity index (χ0v) is 25.0. The van der Waals surface area contributed by atoms with Gasteiger partial charge in [-0.05, 0) is 56.0 Å². The number of carbonyl (C=O) groups excluding carboxylic acids is 3. The SMILES string of the molecule is CCCN(CC(=O)N(Cc1ccc(OC)cc1)C1CCN(C(=O)CCC(=O)OCC)CC1)S(=O)(=O)c1ccccc1. The molecule has 3 rings (SSSR count). The number of nitrogens with zero attached hydrogens (tertiary/aromatic N) is 3. The molecule has 0 saturated carbocycles. The van der Waals surface area contributed by atoms with Crippen LogP contribution < -0.4 is 4.74 Å². The van der Waals surface area contributed by atoms with Gasteiger partial charge < -0.3 is 19.3 Å². The van der Waals surface area contributed by atoms with Crippen molar-refractivity contribution in [1.82, 2.24) is 14.1 Å². The number of hydrogen-bond acceptors (Lipinski definition) is 7. The van der Waals surface area contributed by atoms with E-state index in [4.69, 9.17) is 9.47 Å². The average molecular weight is 588 g/mol. The smallest absolute Gasteiger partial charge is 0.306 e. The Kier molecular flexibility index (Phi) is 12.2. The van der Waals surface area contributed by atoms with Crippen LogP contribution in [0.5, 0.6) is 5.75 Å². The van der Waals surface area contributed by atoms with Crippen molar-refractivity contribution in [2.45, 2.75) is 63.4 Å². The van der Waals surface area contributed by atoms with Gasteiger partial charge in [-0.2, -0.15) is 4.31 Å². The molecular formula is C30H41N3O7S. The van der Waals surface area contributed by atoms with E-state index in [-0.39, 0.29) is 55.3 Å². The molecule has 2 aromatic rings. The van der Waals surface area contributed by atoms with Gasteiger partial charge in [0.1, 0.15) is 5.75 Å². The second-order valence-corrected chi connectivity index (χ2v) is 11.9. The molecule has 2 aromatic carbocycles. The van der Waals surface area contributed by atoms with Crippen molar-refractivity contribution >= 4 is 27.8 Å². The fourth-order valence-corrected chi connectivity index (χ4v) is 6.40.